The van der Waals surface area contributed by atoms with Crippen LogP contribution in [0.2, 0.25) is 0 Å². The molecule has 1 heterocycles. The van der Waals surface area contributed by atoms with E-state index in [0.717, 1.165) is 11.3 Å². The van der Waals surface area contributed by atoms with Gasteiger partial charge >= 0.3 is 5.97 Å². The van der Waals surface area contributed by atoms with E-state index in [9.17, 15) is 14.7 Å². The minimum absolute atomic E-state index is 0.102. The van der Waals surface area contributed by atoms with Crippen molar-refractivity contribution in [2.45, 2.75) is 25.8 Å². The summed E-state index contributed by atoms with van der Waals surface area (Å²) in [5.41, 5.74) is 2.10. The molecule has 7 heteroatoms. The SMILES string of the molecule is Cc1ccccc1Oc1ccc(N2N=C(C(=O)N(C)C)CC2CC(=O)O)cc1. The summed E-state index contributed by atoms with van der Waals surface area (Å²) in [5.74, 6) is 0.304. The molecule has 0 saturated carbocycles. The van der Waals surface area contributed by atoms with E-state index in [-0.39, 0.29) is 12.3 Å². The Kier molecular flexibility index (Phi) is 5.63. The van der Waals surface area contributed by atoms with Crippen LogP contribution in [0, 0.1) is 6.92 Å². The number of para-hydroxylation sites is 1. The third-order valence-electron chi connectivity index (χ3n) is 4.49. The van der Waals surface area contributed by atoms with Gasteiger partial charge in [0.2, 0.25) is 0 Å². The van der Waals surface area contributed by atoms with Crippen LogP contribution in [0.15, 0.2) is 53.6 Å². The largest absolute Gasteiger partial charge is 0.481 e. The Bertz CT molecular complexity index is 906. The molecule has 0 fully saturated rings. The van der Waals surface area contributed by atoms with E-state index in [1.807, 2.05) is 43.3 Å². The summed E-state index contributed by atoms with van der Waals surface area (Å²) in [6.45, 7) is 1.97. The zero-order valence-electron chi connectivity index (χ0n) is 16.1. The Morgan fingerprint density at radius 1 is 1.18 bits per heavy atom. The number of hydrogen-bond acceptors (Lipinski definition) is 5. The third kappa shape index (κ3) is 4.31. The van der Waals surface area contributed by atoms with Crippen LogP contribution in [0.3, 0.4) is 0 Å². The maximum atomic E-state index is 12.2. The number of aliphatic carboxylic acids is 1. The zero-order valence-corrected chi connectivity index (χ0v) is 16.1. The molecule has 1 aliphatic rings. The predicted molar refractivity (Wildman–Crippen MR) is 107 cm³/mol. The summed E-state index contributed by atoms with van der Waals surface area (Å²) in [6, 6.07) is 14.6. The van der Waals surface area contributed by atoms with Gasteiger partial charge in [0.1, 0.15) is 17.2 Å². The Morgan fingerprint density at radius 2 is 1.86 bits per heavy atom. The first-order valence-corrected chi connectivity index (χ1v) is 8.99. The second-order valence-electron chi connectivity index (χ2n) is 6.91. The molecule has 2 aromatic rings. The molecule has 1 aliphatic heterocycles. The maximum absolute atomic E-state index is 12.2. The van der Waals surface area contributed by atoms with Gasteiger partial charge in [-0.05, 0) is 42.8 Å². The fraction of sp³-hybridized carbons (Fsp3) is 0.286. The number of carboxylic acid groups (broad SMARTS) is 1. The number of aryl methyl sites for hydroxylation is 1. The zero-order chi connectivity index (χ0) is 20.3. The van der Waals surface area contributed by atoms with Crippen LogP contribution in [0.1, 0.15) is 18.4 Å². The smallest absolute Gasteiger partial charge is 0.305 e. The normalized spacial score (nSPS) is 15.9. The molecule has 0 radical (unpaired) electrons. The average molecular weight is 381 g/mol. The summed E-state index contributed by atoms with van der Waals surface area (Å²) in [5, 5.41) is 15.2. The minimum atomic E-state index is -0.928. The average Bonchev–Trinajstić information content (AvgIpc) is 3.06. The van der Waals surface area contributed by atoms with Gasteiger partial charge in [0.15, 0.2) is 0 Å². The monoisotopic (exact) mass is 381 g/mol. The van der Waals surface area contributed by atoms with Crippen molar-refractivity contribution in [1.82, 2.24) is 4.90 Å². The molecular weight excluding hydrogens is 358 g/mol. The molecule has 3 rings (SSSR count). The van der Waals surface area contributed by atoms with Gasteiger partial charge in [-0.3, -0.25) is 14.6 Å². The summed E-state index contributed by atoms with van der Waals surface area (Å²) in [6.07, 6.45) is 0.194. The Morgan fingerprint density at radius 3 is 2.46 bits per heavy atom. The van der Waals surface area contributed by atoms with E-state index < -0.39 is 12.0 Å². The highest BCUT2D eigenvalue weighted by Gasteiger charge is 2.33. The van der Waals surface area contributed by atoms with Gasteiger partial charge in [-0.15, -0.1) is 0 Å². The molecule has 2 aromatic carbocycles. The Hall–Kier alpha value is -3.35. The lowest BCUT2D eigenvalue weighted by molar-refractivity contribution is -0.137. The highest BCUT2D eigenvalue weighted by Crippen LogP contribution is 2.30. The molecular formula is C21H23N3O4. The van der Waals surface area contributed by atoms with E-state index in [1.165, 1.54) is 4.90 Å². The van der Waals surface area contributed by atoms with Crippen LogP contribution < -0.4 is 9.75 Å². The third-order valence-corrected chi connectivity index (χ3v) is 4.49. The topological polar surface area (TPSA) is 82.4 Å². The summed E-state index contributed by atoms with van der Waals surface area (Å²) < 4.78 is 5.90. The van der Waals surface area contributed by atoms with Gasteiger partial charge in [0, 0.05) is 20.5 Å². The molecule has 28 heavy (non-hydrogen) atoms. The van der Waals surface area contributed by atoms with Crippen molar-refractivity contribution in [2.24, 2.45) is 5.10 Å². The molecule has 7 nitrogen and oxygen atoms in total. The van der Waals surface area contributed by atoms with Crippen molar-refractivity contribution in [1.29, 1.82) is 0 Å². The number of carboxylic acids is 1. The number of nitrogens with zero attached hydrogens (tertiary/aromatic N) is 3. The fourth-order valence-electron chi connectivity index (χ4n) is 3.04. The van der Waals surface area contributed by atoms with Gasteiger partial charge in [-0.2, -0.15) is 5.10 Å². The molecule has 1 amide bonds. The number of carbonyl (C=O) groups is 2. The van der Waals surface area contributed by atoms with Gasteiger partial charge in [-0.1, -0.05) is 18.2 Å². The van der Waals surface area contributed by atoms with E-state index >= 15 is 0 Å². The summed E-state index contributed by atoms with van der Waals surface area (Å²) >= 11 is 0. The number of ether oxygens (including phenoxy) is 1. The second-order valence-corrected chi connectivity index (χ2v) is 6.91. The molecule has 0 aliphatic carbocycles. The van der Waals surface area contributed by atoms with Crippen molar-refractivity contribution in [3.63, 3.8) is 0 Å². The maximum Gasteiger partial charge on any atom is 0.305 e. The van der Waals surface area contributed by atoms with Crippen LogP contribution in [-0.4, -0.2) is 47.7 Å². The first kappa shape index (κ1) is 19.4. The lowest BCUT2D eigenvalue weighted by atomic mass is 10.1. The van der Waals surface area contributed by atoms with Crippen molar-refractivity contribution >= 4 is 23.3 Å². The molecule has 1 N–H and O–H groups in total. The molecule has 0 bridgehead atoms. The minimum Gasteiger partial charge on any atom is -0.481 e. The van der Waals surface area contributed by atoms with Gasteiger partial charge in [0.05, 0.1) is 18.2 Å². The summed E-state index contributed by atoms with van der Waals surface area (Å²) in [4.78, 5) is 24.9. The lowest BCUT2D eigenvalue weighted by Gasteiger charge is -2.22. The van der Waals surface area contributed by atoms with Crippen LogP contribution in [0.5, 0.6) is 11.5 Å². The van der Waals surface area contributed by atoms with Crippen LogP contribution in [0.25, 0.3) is 0 Å². The van der Waals surface area contributed by atoms with Crippen molar-refractivity contribution in [3.05, 3.63) is 54.1 Å². The molecule has 146 valence electrons. The van der Waals surface area contributed by atoms with Gasteiger partial charge < -0.3 is 14.7 Å². The van der Waals surface area contributed by atoms with E-state index in [1.54, 1.807) is 31.2 Å². The molecule has 0 spiro atoms. The summed E-state index contributed by atoms with van der Waals surface area (Å²) in [7, 11) is 3.30. The molecule has 1 unspecified atom stereocenters. The van der Waals surface area contributed by atoms with E-state index in [4.69, 9.17) is 4.74 Å². The van der Waals surface area contributed by atoms with E-state index in [0.29, 0.717) is 23.6 Å². The number of benzene rings is 2. The first-order valence-electron chi connectivity index (χ1n) is 8.99. The standard InChI is InChI=1S/C21H23N3O4/c1-14-6-4-5-7-19(14)28-17-10-8-15(9-11-17)24-16(13-20(25)26)12-18(22-24)21(27)23(2)3/h4-11,16H,12-13H2,1-3H3,(H,25,26). The number of amides is 1. The predicted octanol–water partition coefficient (Wildman–Crippen LogP) is 3.28. The van der Waals surface area contributed by atoms with Gasteiger partial charge in [-0.25, -0.2) is 0 Å². The fourth-order valence-corrected chi connectivity index (χ4v) is 3.04. The number of rotatable bonds is 6. The molecule has 0 saturated heterocycles. The number of hydrogen-bond donors (Lipinski definition) is 1. The molecule has 0 aromatic heterocycles. The highest BCUT2D eigenvalue weighted by molar-refractivity contribution is 6.39. The number of hydrazone groups is 1. The Labute approximate surface area is 163 Å². The van der Waals surface area contributed by atoms with Crippen LogP contribution in [-0.2, 0) is 9.59 Å². The molecule has 1 atom stereocenters. The quantitative estimate of drug-likeness (QED) is 0.830. The second kappa shape index (κ2) is 8.12. The van der Waals surface area contributed by atoms with Crippen molar-refractivity contribution in [2.75, 3.05) is 19.1 Å². The van der Waals surface area contributed by atoms with Gasteiger partial charge in [0.25, 0.3) is 5.91 Å². The highest BCUT2D eigenvalue weighted by atomic mass is 16.5. The number of carbonyl (C=O) groups excluding carboxylic acids is 1. The van der Waals surface area contributed by atoms with Crippen LogP contribution in [0.4, 0.5) is 5.69 Å². The van der Waals surface area contributed by atoms with E-state index in [2.05, 4.69) is 5.10 Å². The number of anilines is 1. The lowest BCUT2D eigenvalue weighted by Crippen LogP contribution is -2.31. The van der Waals surface area contributed by atoms with Crippen molar-refractivity contribution in [3.8, 4) is 11.5 Å². The van der Waals surface area contributed by atoms with Crippen molar-refractivity contribution < 1.29 is 19.4 Å². The van der Waals surface area contributed by atoms with Crippen LogP contribution >= 0.6 is 0 Å². The first-order chi connectivity index (χ1) is 13.3. The Balaban J connectivity index is 1.82.